The topological polar surface area (TPSA) is 38.7 Å². The average Bonchev–Trinajstić information content (AvgIpc) is 1.66. The number of aliphatic hydroxyl groups is 1. The lowest BCUT2D eigenvalue weighted by molar-refractivity contribution is -0.158. The van der Waals surface area contributed by atoms with Gasteiger partial charge in [-0.15, -0.1) is 0 Å². The van der Waals surface area contributed by atoms with E-state index in [9.17, 15) is 0 Å². The standard InChI is InChI=1S/C5H12O3/c1-3-7-4-8-5(2)6/h5-6H,3-4H2,1-2H3. The molecule has 0 heterocycles. The molecule has 1 N–H and O–H groups in total. The van der Waals surface area contributed by atoms with E-state index in [2.05, 4.69) is 4.74 Å². The molecule has 0 aromatic heterocycles. The zero-order chi connectivity index (χ0) is 6.41. The van der Waals surface area contributed by atoms with E-state index < -0.39 is 6.29 Å². The molecule has 3 nitrogen and oxygen atoms in total. The van der Waals surface area contributed by atoms with Crippen LogP contribution >= 0.6 is 0 Å². The van der Waals surface area contributed by atoms with Crippen LogP contribution < -0.4 is 0 Å². The van der Waals surface area contributed by atoms with Gasteiger partial charge < -0.3 is 14.6 Å². The van der Waals surface area contributed by atoms with Crippen molar-refractivity contribution in [3.63, 3.8) is 0 Å². The lowest BCUT2D eigenvalue weighted by atomic mass is 10.8. The first-order valence-corrected chi connectivity index (χ1v) is 2.64. The quantitative estimate of drug-likeness (QED) is 0.429. The van der Waals surface area contributed by atoms with Crippen molar-refractivity contribution in [2.24, 2.45) is 0 Å². The van der Waals surface area contributed by atoms with Crippen LogP contribution in [0.2, 0.25) is 0 Å². The Morgan fingerprint density at radius 1 is 1.62 bits per heavy atom. The van der Waals surface area contributed by atoms with Gasteiger partial charge in [0.25, 0.3) is 0 Å². The Morgan fingerprint density at radius 2 is 2.25 bits per heavy atom. The van der Waals surface area contributed by atoms with Crippen LogP contribution in [0.1, 0.15) is 13.8 Å². The van der Waals surface area contributed by atoms with Crippen molar-refractivity contribution < 1.29 is 14.6 Å². The van der Waals surface area contributed by atoms with Gasteiger partial charge in [0, 0.05) is 6.61 Å². The van der Waals surface area contributed by atoms with Gasteiger partial charge in [0.1, 0.15) is 6.79 Å². The van der Waals surface area contributed by atoms with E-state index in [0.717, 1.165) is 0 Å². The van der Waals surface area contributed by atoms with Gasteiger partial charge in [-0.05, 0) is 13.8 Å². The van der Waals surface area contributed by atoms with E-state index in [1.54, 1.807) is 6.92 Å². The van der Waals surface area contributed by atoms with E-state index in [1.807, 2.05) is 6.92 Å². The molecule has 50 valence electrons. The van der Waals surface area contributed by atoms with Crippen LogP contribution in [0.5, 0.6) is 0 Å². The molecule has 0 aliphatic rings. The Labute approximate surface area is 49.2 Å². The maximum atomic E-state index is 8.48. The van der Waals surface area contributed by atoms with Gasteiger partial charge in [-0.25, -0.2) is 0 Å². The fourth-order valence-electron chi connectivity index (χ4n) is 0.230. The highest BCUT2D eigenvalue weighted by molar-refractivity contribution is 4.16. The minimum atomic E-state index is -0.721. The summed E-state index contributed by atoms with van der Waals surface area (Å²) >= 11 is 0. The molecule has 0 aromatic carbocycles. The SMILES string of the molecule is CCOCOC(C)O. The first-order chi connectivity index (χ1) is 3.77. The molecule has 0 amide bonds. The molecule has 0 rings (SSSR count). The number of aliphatic hydroxyl groups excluding tert-OH is 1. The van der Waals surface area contributed by atoms with Crippen LogP contribution in [0.15, 0.2) is 0 Å². The molecule has 0 aliphatic heterocycles. The van der Waals surface area contributed by atoms with Crippen molar-refractivity contribution >= 4 is 0 Å². The maximum Gasteiger partial charge on any atom is 0.154 e. The smallest absolute Gasteiger partial charge is 0.154 e. The summed E-state index contributed by atoms with van der Waals surface area (Å²) in [5, 5.41) is 8.48. The van der Waals surface area contributed by atoms with Gasteiger partial charge in [-0.2, -0.15) is 0 Å². The summed E-state index contributed by atoms with van der Waals surface area (Å²) in [6, 6.07) is 0. The molecule has 0 aliphatic carbocycles. The van der Waals surface area contributed by atoms with E-state index in [-0.39, 0.29) is 6.79 Å². The van der Waals surface area contributed by atoms with E-state index in [0.29, 0.717) is 6.61 Å². The zero-order valence-electron chi connectivity index (χ0n) is 5.26. The van der Waals surface area contributed by atoms with Crippen LogP contribution in [0.3, 0.4) is 0 Å². The average molecular weight is 120 g/mol. The second-order valence-corrected chi connectivity index (χ2v) is 1.38. The Bertz CT molecular complexity index is 44.9. The fraction of sp³-hybridized carbons (Fsp3) is 1.00. The molecular weight excluding hydrogens is 108 g/mol. The number of hydrogen-bond donors (Lipinski definition) is 1. The lowest BCUT2D eigenvalue weighted by Crippen LogP contribution is -2.09. The van der Waals surface area contributed by atoms with Crippen molar-refractivity contribution in [3.05, 3.63) is 0 Å². The summed E-state index contributed by atoms with van der Waals surface area (Å²) in [6.07, 6.45) is -0.721. The fourth-order valence-corrected chi connectivity index (χ4v) is 0.230. The van der Waals surface area contributed by atoms with E-state index >= 15 is 0 Å². The normalized spacial score (nSPS) is 13.9. The van der Waals surface area contributed by atoms with Crippen molar-refractivity contribution in [2.75, 3.05) is 13.4 Å². The van der Waals surface area contributed by atoms with E-state index in [1.165, 1.54) is 0 Å². The molecular formula is C5H12O3. The molecule has 0 saturated carbocycles. The third-order valence-corrected chi connectivity index (χ3v) is 0.597. The van der Waals surface area contributed by atoms with Gasteiger partial charge in [0.15, 0.2) is 6.29 Å². The van der Waals surface area contributed by atoms with E-state index in [4.69, 9.17) is 9.84 Å². The first-order valence-electron chi connectivity index (χ1n) is 2.64. The van der Waals surface area contributed by atoms with Crippen molar-refractivity contribution in [1.82, 2.24) is 0 Å². The van der Waals surface area contributed by atoms with Gasteiger partial charge in [-0.1, -0.05) is 0 Å². The second-order valence-electron chi connectivity index (χ2n) is 1.38. The van der Waals surface area contributed by atoms with Gasteiger partial charge in [0.2, 0.25) is 0 Å². The highest BCUT2D eigenvalue weighted by Crippen LogP contribution is 1.83. The van der Waals surface area contributed by atoms with Crippen molar-refractivity contribution in [3.8, 4) is 0 Å². The van der Waals surface area contributed by atoms with Crippen molar-refractivity contribution in [1.29, 1.82) is 0 Å². The van der Waals surface area contributed by atoms with Gasteiger partial charge in [-0.3, -0.25) is 0 Å². The van der Waals surface area contributed by atoms with Crippen LogP contribution in [0.25, 0.3) is 0 Å². The summed E-state index contributed by atoms with van der Waals surface area (Å²) in [5.41, 5.74) is 0. The zero-order valence-corrected chi connectivity index (χ0v) is 5.26. The molecule has 0 aromatic rings. The summed E-state index contributed by atoms with van der Waals surface area (Å²) in [7, 11) is 0. The molecule has 0 bridgehead atoms. The maximum absolute atomic E-state index is 8.48. The molecule has 0 spiro atoms. The molecule has 0 radical (unpaired) electrons. The third kappa shape index (κ3) is 5.88. The second kappa shape index (κ2) is 5.03. The molecule has 8 heavy (non-hydrogen) atoms. The summed E-state index contributed by atoms with van der Waals surface area (Å²) < 4.78 is 9.38. The van der Waals surface area contributed by atoms with Gasteiger partial charge in [0.05, 0.1) is 0 Å². The predicted octanol–water partition coefficient (Wildman–Crippen LogP) is 0.335. The Kier molecular flexibility index (Phi) is 4.95. The van der Waals surface area contributed by atoms with Crippen LogP contribution in [-0.2, 0) is 9.47 Å². The summed E-state index contributed by atoms with van der Waals surface area (Å²) in [4.78, 5) is 0. The number of ether oxygens (including phenoxy) is 2. The lowest BCUT2D eigenvalue weighted by Gasteiger charge is -2.04. The molecule has 1 unspecified atom stereocenters. The number of hydrogen-bond acceptors (Lipinski definition) is 3. The minimum absolute atomic E-state index is 0.175. The third-order valence-electron chi connectivity index (χ3n) is 0.597. The summed E-state index contributed by atoms with van der Waals surface area (Å²) in [5.74, 6) is 0. The molecule has 0 saturated heterocycles. The molecule has 1 atom stereocenters. The Hall–Kier alpha value is -0.120. The Balaban J connectivity index is 2.72. The van der Waals surface area contributed by atoms with Crippen molar-refractivity contribution in [2.45, 2.75) is 20.1 Å². The van der Waals surface area contributed by atoms with Crippen LogP contribution in [0.4, 0.5) is 0 Å². The predicted molar refractivity (Wildman–Crippen MR) is 29.3 cm³/mol. The van der Waals surface area contributed by atoms with Crippen LogP contribution in [-0.4, -0.2) is 24.8 Å². The number of rotatable bonds is 4. The molecule has 0 fully saturated rings. The first kappa shape index (κ1) is 7.88. The monoisotopic (exact) mass is 120 g/mol. The summed E-state index contributed by atoms with van der Waals surface area (Å²) in [6.45, 7) is 4.20. The highest BCUT2D eigenvalue weighted by Gasteiger charge is 1.90. The minimum Gasteiger partial charge on any atom is -0.368 e. The molecule has 3 heteroatoms. The largest absolute Gasteiger partial charge is 0.368 e. The highest BCUT2D eigenvalue weighted by atomic mass is 16.7. The van der Waals surface area contributed by atoms with Crippen LogP contribution in [0, 0.1) is 0 Å². The van der Waals surface area contributed by atoms with Gasteiger partial charge >= 0.3 is 0 Å². The Morgan fingerprint density at radius 3 is 2.62 bits per heavy atom.